The van der Waals surface area contributed by atoms with Crippen LogP contribution in [-0.4, -0.2) is 85.3 Å². The summed E-state index contributed by atoms with van der Waals surface area (Å²) in [4.78, 5) is 38.0. The van der Waals surface area contributed by atoms with Crippen LogP contribution in [0.4, 0.5) is 26.0 Å². The molecule has 1 saturated heterocycles. The molecule has 0 aliphatic carbocycles. The maximum atomic E-state index is 14.7. The minimum atomic E-state index is -0.976. The van der Waals surface area contributed by atoms with E-state index in [0.717, 1.165) is 6.07 Å². The van der Waals surface area contributed by atoms with Gasteiger partial charge in [-0.3, -0.25) is 9.59 Å². The number of hydrogen-bond acceptors (Lipinski definition) is 9. The molecule has 1 aliphatic heterocycles. The lowest BCUT2D eigenvalue weighted by Crippen LogP contribution is -2.57. The Labute approximate surface area is 272 Å². The van der Waals surface area contributed by atoms with Gasteiger partial charge in [0.2, 0.25) is 11.8 Å². The van der Waals surface area contributed by atoms with Crippen LogP contribution in [0, 0.1) is 17.0 Å². The van der Waals surface area contributed by atoms with Gasteiger partial charge in [0, 0.05) is 37.7 Å². The molecule has 250 valence electrons. The number of hydrogen-bond donors (Lipinski definition) is 4. The third-order valence-electron chi connectivity index (χ3n) is 7.90. The van der Waals surface area contributed by atoms with Crippen molar-refractivity contribution in [1.29, 1.82) is 0 Å². The van der Waals surface area contributed by atoms with Crippen LogP contribution >= 0.6 is 11.6 Å². The van der Waals surface area contributed by atoms with Gasteiger partial charge in [0.05, 0.1) is 29.5 Å². The molecule has 0 saturated carbocycles. The highest BCUT2D eigenvalue weighted by Crippen LogP contribution is 2.35. The van der Waals surface area contributed by atoms with Gasteiger partial charge in [-0.05, 0) is 50.4 Å². The van der Waals surface area contributed by atoms with Crippen molar-refractivity contribution in [2.75, 3.05) is 51.1 Å². The molecule has 2 heterocycles. The van der Waals surface area contributed by atoms with E-state index >= 15 is 0 Å². The van der Waals surface area contributed by atoms with Crippen LogP contribution in [0.1, 0.15) is 40.5 Å². The monoisotopic (exact) mass is 661 g/mol. The molecule has 1 aromatic heterocycles. The van der Waals surface area contributed by atoms with Crippen molar-refractivity contribution in [3.8, 4) is 5.75 Å². The molecule has 3 atom stereocenters. The van der Waals surface area contributed by atoms with Crippen LogP contribution in [0.3, 0.4) is 0 Å². The molecular weight excluding hydrogens is 620 g/mol. The molecule has 1 fully saturated rings. The highest BCUT2D eigenvalue weighted by Gasteiger charge is 2.41. The minimum Gasteiger partial charge on any atom is -0.489 e. The fraction of sp³-hybridized carbons (Fsp3) is 0.500. The van der Waals surface area contributed by atoms with Crippen molar-refractivity contribution in [1.82, 2.24) is 25.5 Å². The number of nitrogens with one attached hydrogen (secondary N) is 4. The Morgan fingerprint density at radius 3 is 2.61 bits per heavy atom. The van der Waals surface area contributed by atoms with Gasteiger partial charge >= 0.3 is 0 Å². The second kappa shape index (κ2) is 15.3. The number of anilines is 3. The fourth-order valence-corrected chi connectivity index (χ4v) is 5.40. The molecule has 3 aromatic rings. The number of likely N-dealkylation sites (N-methyl/N-ethyl adjacent to an activating group) is 1. The van der Waals surface area contributed by atoms with Crippen molar-refractivity contribution < 1.29 is 27.8 Å². The maximum Gasteiger partial charge on any atom is 0.247 e. The highest BCUT2D eigenvalue weighted by molar-refractivity contribution is 6.31. The summed E-state index contributed by atoms with van der Waals surface area (Å²) in [6.07, 6.45) is 2.45. The lowest BCUT2D eigenvalue weighted by molar-refractivity contribution is -0.140. The summed E-state index contributed by atoms with van der Waals surface area (Å²) in [5, 5.41) is 12.1. The number of likely N-dealkylation sites (tertiary alicyclic amines) is 1. The lowest BCUT2D eigenvalue weighted by Gasteiger charge is -2.36. The first-order valence-corrected chi connectivity index (χ1v) is 15.6. The SMILES string of the molecule is CN[C@@H](C)CN[C@H](C(=O)N1CCC[C@H]1C(=O)Nc1cc2c(Nc3ccc(F)c(Cl)c3F)ncnc2cc1OCCOC)C(C)(C)C. The van der Waals surface area contributed by atoms with E-state index in [1.54, 1.807) is 24.1 Å². The second-order valence-electron chi connectivity index (χ2n) is 12.4. The van der Waals surface area contributed by atoms with Gasteiger partial charge in [0.25, 0.3) is 0 Å². The maximum absolute atomic E-state index is 14.7. The van der Waals surface area contributed by atoms with Crippen LogP contribution < -0.4 is 26.0 Å². The number of ether oxygens (including phenoxy) is 2. The van der Waals surface area contributed by atoms with Crippen LogP contribution in [0.25, 0.3) is 10.9 Å². The Kier molecular flexibility index (Phi) is 11.7. The van der Waals surface area contributed by atoms with Crippen molar-refractivity contribution in [2.24, 2.45) is 5.41 Å². The second-order valence-corrected chi connectivity index (χ2v) is 12.7. The van der Waals surface area contributed by atoms with Crippen molar-refractivity contribution >= 4 is 51.5 Å². The molecule has 1 aliphatic rings. The predicted octanol–water partition coefficient (Wildman–Crippen LogP) is 4.87. The third kappa shape index (κ3) is 8.19. The van der Waals surface area contributed by atoms with Crippen molar-refractivity contribution in [2.45, 2.75) is 58.7 Å². The summed E-state index contributed by atoms with van der Waals surface area (Å²) < 4.78 is 39.6. The Bertz CT molecular complexity index is 1560. The number of carbonyl (C=O) groups excluding carboxylic acids is 2. The van der Waals surface area contributed by atoms with E-state index in [2.05, 4.69) is 31.2 Å². The van der Waals surface area contributed by atoms with Crippen molar-refractivity contribution in [3.63, 3.8) is 0 Å². The quantitative estimate of drug-likeness (QED) is 0.150. The van der Waals surface area contributed by atoms with Crippen LogP contribution in [0.15, 0.2) is 30.6 Å². The Morgan fingerprint density at radius 1 is 1.15 bits per heavy atom. The Hall–Kier alpha value is -3.65. The smallest absolute Gasteiger partial charge is 0.247 e. The van der Waals surface area contributed by atoms with Gasteiger partial charge < -0.3 is 35.6 Å². The van der Waals surface area contributed by atoms with Gasteiger partial charge in [0.15, 0.2) is 5.82 Å². The molecule has 4 rings (SSSR count). The first kappa shape index (κ1) is 35.2. The number of aromatic nitrogens is 2. The number of halogens is 3. The molecule has 0 unspecified atom stereocenters. The summed E-state index contributed by atoms with van der Waals surface area (Å²) in [5.41, 5.74) is 0.247. The van der Waals surface area contributed by atoms with E-state index in [0.29, 0.717) is 54.9 Å². The zero-order valence-electron chi connectivity index (χ0n) is 27.0. The first-order chi connectivity index (χ1) is 21.8. The van der Waals surface area contributed by atoms with Crippen LogP contribution in [0.2, 0.25) is 5.02 Å². The molecular formula is C32H42ClF2N7O4. The number of amides is 2. The van der Waals surface area contributed by atoms with Gasteiger partial charge in [-0.15, -0.1) is 0 Å². The summed E-state index contributed by atoms with van der Waals surface area (Å²) in [6.45, 7) is 9.54. The number of carbonyl (C=O) groups is 2. The number of nitrogens with zero attached hydrogens (tertiary/aromatic N) is 3. The van der Waals surface area contributed by atoms with Crippen LogP contribution in [0.5, 0.6) is 5.75 Å². The van der Waals surface area contributed by atoms with E-state index < -0.39 is 34.2 Å². The van der Waals surface area contributed by atoms with Crippen molar-refractivity contribution in [3.05, 3.63) is 47.2 Å². The third-order valence-corrected chi connectivity index (χ3v) is 8.25. The largest absolute Gasteiger partial charge is 0.489 e. The van der Waals surface area contributed by atoms with Crippen LogP contribution in [-0.2, 0) is 14.3 Å². The molecule has 11 nitrogen and oxygen atoms in total. The number of methoxy groups -OCH3 is 1. The van der Waals surface area contributed by atoms with E-state index in [1.165, 1.54) is 12.4 Å². The summed E-state index contributed by atoms with van der Waals surface area (Å²) in [6, 6.07) is 4.43. The zero-order chi connectivity index (χ0) is 33.6. The zero-order valence-corrected chi connectivity index (χ0v) is 27.7. The molecule has 0 bridgehead atoms. The highest BCUT2D eigenvalue weighted by atomic mass is 35.5. The number of benzene rings is 2. The Balaban J connectivity index is 1.65. The molecule has 4 N–H and O–H groups in total. The molecule has 14 heteroatoms. The number of fused-ring (bicyclic) bond motifs is 1. The summed E-state index contributed by atoms with van der Waals surface area (Å²) in [5.74, 6) is -1.86. The van der Waals surface area contributed by atoms with E-state index in [1.807, 2.05) is 34.7 Å². The molecule has 2 amide bonds. The predicted molar refractivity (Wildman–Crippen MR) is 175 cm³/mol. The lowest BCUT2D eigenvalue weighted by atomic mass is 9.85. The average molecular weight is 662 g/mol. The van der Waals surface area contributed by atoms with Gasteiger partial charge in [-0.2, -0.15) is 0 Å². The van der Waals surface area contributed by atoms with E-state index in [-0.39, 0.29) is 36.0 Å². The number of rotatable bonds is 13. The Morgan fingerprint density at radius 2 is 1.91 bits per heavy atom. The first-order valence-electron chi connectivity index (χ1n) is 15.2. The van der Waals surface area contributed by atoms with Gasteiger partial charge in [-0.25, -0.2) is 18.7 Å². The van der Waals surface area contributed by atoms with Gasteiger partial charge in [0.1, 0.15) is 41.4 Å². The molecule has 46 heavy (non-hydrogen) atoms. The van der Waals surface area contributed by atoms with E-state index in [9.17, 15) is 18.4 Å². The van der Waals surface area contributed by atoms with Gasteiger partial charge in [-0.1, -0.05) is 32.4 Å². The standard InChI is InChI=1S/C32H42ClF2N7O4/c1-18(36-5)16-37-28(32(2,3)4)31(44)42-11-7-8-24(42)30(43)41-23-14-19-22(15-25(23)46-13-12-45-6)38-17-39-29(19)40-21-10-9-20(34)26(33)27(21)35/h9-10,14-15,17-18,24,28,36-37H,7-8,11-13,16H2,1-6H3,(H,41,43)(H,38,39,40)/t18-,24-,28+/m0/s1. The summed E-state index contributed by atoms with van der Waals surface area (Å²) in [7, 11) is 3.41. The topological polar surface area (TPSA) is 130 Å². The summed E-state index contributed by atoms with van der Waals surface area (Å²) >= 11 is 5.78. The molecule has 0 spiro atoms. The van der Waals surface area contributed by atoms with E-state index in [4.69, 9.17) is 21.1 Å². The fourth-order valence-electron chi connectivity index (χ4n) is 5.23. The normalized spacial score (nSPS) is 16.4. The molecule has 0 radical (unpaired) electrons. The molecule has 2 aromatic carbocycles. The average Bonchev–Trinajstić information content (AvgIpc) is 3.51. The minimum absolute atomic E-state index is 0.0939.